The van der Waals surface area contributed by atoms with Crippen LogP contribution in [0.25, 0.3) is 0 Å². The van der Waals surface area contributed by atoms with Crippen molar-refractivity contribution in [1.29, 1.82) is 0 Å². The zero-order valence-corrected chi connectivity index (χ0v) is 9.83. The zero-order valence-electron chi connectivity index (χ0n) is 5.86. The van der Waals surface area contributed by atoms with E-state index in [-0.39, 0.29) is 46.5 Å². The molecule has 55 valence electrons. The van der Waals surface area contributed by atoms with Gasteiger partial charge < -0.3 is 24.8 Å². The van der Waals surface area contributed by atoms with Crippen molar-refractivity contribution in [2.75, 3.05) is 0 Å². The molecule has 0 nitrogen and oxygen atoms in total. The van der Waals surface area contributed by atoms with E-state index in [1.54, 1.807) is 0 Å². The molecular weight excluding hydrogens is 222 g/mol. The van der Waals surface area contributed by atoms with Gasteiger partial charge in [0.1, 0.15) is 0 Å². The van der Waals surface area contributed by atoms with Crippen LogP contribution in [-0.2, 0) is 21.7 Å². The van der Waals surface area contributed by atoms with Gasteiger partial charge in [-0.3, -0.25) is 0 Å². The van der Waals surface area contributed by atoms with Gasteiger partial charge in [-0.1, -0.05) is 13.8 Å². The van der Waals surface area contributed by atoms with E-state index in [9.17, 15) is 0 Å². The molecule has 0 amide bonds. The first-order valence-corrected chi connectivity index (χ1v) is 3.31. The van der Waals surface area contributed by atoms with E-state index in [1.165, 1.54) is 19.1 Å². The smallest absolute Gasteiger partial charge is 1.00 e. The summed E-state index contributed by atoms with van der Waals surface area (Å²) in [5.74, 6) is 2.22. The molecule has 1 heterocycles. The number of hydrogen-bond acceptors (Lipinski definition) is 0. The Morgan fingerprint density at radius 2 is 1.90 bits per heavy atom. The summed E-state index contributed by atoms with van der Waals surface area (Å²) in [4.78, 5) is 0. The van der Waals surface area contributed by atoms with E-state index >= 15 is 0 Å². The summed E-state index contributed by atoms with van der Waals surface area (Å²) in [6.07, 6.45) is 0. The van der Waals surface area contributed by atoms with Crippen LogP contribution >= 0.6 is 8.19 Å². The molecule has 1 aromatic heterocycles. The van der Waals surface area contributed by atoms with E-state index in [0.29, 0.717) is 0 Å². The first-order valence-electron chi connectivity index (χ1n) is 2.35. The molecule has 0 bridgehead atoms. The maximum atomic E-state index is 2.22. The van der Waals surface area contributed by atoms with Crippen LogP contribution in [0.5, 0.6) is 0 Å². The quantitative estimate of drug-likeness (QED) is 0.322. The topological polar surface area (TPSA) is 0 Å². The van der Waals surface area contributed by atoms with Gasteiger partial charge >= 0.3 is 21.7 Å². The number of aryl methyl sites for hydroxylation is 2. The maximum absolute atomic E-state index is 2.22. The molecule has 0 saturated heterocycles. The second-order valence-corrected chi connectivity index (χ2v) is 3.01. The molecule has 0 aliphatic rings. The molecule has 1 rings (SSSR count). The first kappa shape index (κ1) is 17.2. The zero-order chi connectivity index (χ0) is 5.28. The van der Waals surface area contributed by atoms with Gasteiger partial charge in [-0.2, -0.15) is 17.4 Å². The Kier molecular flexibility index (Phi) is 14.1. The summed E-state index contributed by atoms with van der Waals surface area (Å²) < 4.78 is 0. The Morgan fingerprint density at radius 1 is 1.40 bits per heavy atom. The summed E-state index contributed by atoms with van der Waals surface area (Å²) in [6.45, 7) is 4.28. The van der Waals surface area contributed by atoms with Crippen LogP contribution in [0, 0.1) is 13.8 Å². The van der Waals surface area contributed by atoms with Gasteiger partial charge in [-0.15, -0.1) is 5.30 Å². The van der Waals surface area contributed by atoms with Crippen molar-refractivity contribution < 1.29 is 46.5 Å². The third-order valence-electron chi connectivity index (χ3n) is 0.908. The van der Waals surface area contributed by atoms with Crippen LogP contribution in [-0.4, -0.2) is 0 Å². The molecule has 0 aliphatic carbocycles. The van der Waals surface area contributed by atoms with Crippen LogP contribution in [0.4, 0.5) is 0 Å². The number of halogens is 2. The third-order valence-corrected chi connectivity index (χ3v) is 1.98. The fraction of sp³-hybridized carbons (Fsp3) is 0.333. The van der Waals surface area contributed by atoms with Crippen LogP contribution in [0.15, 0.2) is 11.9 Å². The molecule has 10 heavy (non-hydrogen) atoms. The fourth-order valence-corrected chi connectivity index (χ4v) is 1.37. The second kappa shape index (κ2) is 8.17. The summed E-state index contributed by atoms with van der Waals surface area (Å²) in [5, 5.41) is 1.46. The van der Waals surface area contributed by atoms with E-state index in [1.807, 2.05) is 0 Å². The van der Waals surface area contributed by atoms with Gasteiger partial charge in [0, 0.05) is 0 Å². The predicted molar refractivity (Wildman–Crippen MR) is 34.0 cm³/mol. The Hall–Kier alpha value is 1.07. The van der Waals surface area contributed by atoms with Crippen LogP contribution < -0.4 is 24.8 Å². The maximum Gasteiger partial charge on any atom is 3.00 e. The normalized spacial score (nSPS) is 7.40. The van der Waals surface area contributed by atoms with Crippen molar-refractivity contribution in [2.45, 2.75) is 13.8 Å². The van der Waals surface area contributed by atoms with E-state index in [2.05, 4.69) is 25.7 Å². The van der Waals surface area contributed by atoms with E-state index < -0.39 is 0 Å². The Morgan fingerprint density at radius 3 is 2.00 bits per heavy atom. The molecule has 1 radical (unpaired) electrons. The second-order valence-electron chi connectivity index (χ2n) is 1.79. The Balaban J connectivity index is -0.000000163. The van der Waals surface area contributed by atoms with Crippen molar-refractivity contribution in [1.82, 2.24) is 0 Å². The summed E-state index contributed by atoms with van der Waals surface area (Å²) in [7, 11) is 1.38. The molecule has 0 fully saturated rings. The molecule has 0 aromatic carbocycles. The van der Waals surface area contributed by atoms with Gasteiger partial charge in [-0.25, -0.2) is 8.19 Å². The summed E-state index contributed by atoms with van der Waals surface area (Å²) in [6, 6.07) is 2.21. The van der Waals surface area contributed by atoms with Crippen molar-refractivity contribution in [2.24, 2.45) is 0 Å². The van der Waals surface area contributed by atoms with Gasteiger partial charge in [0.05, 0.1) is 0 Å². The van der Waals surface area contributed by atoms with Crippen molar-refractivity contribution >= 4 is 8.19 Å². The molecule has 0 N–H and O–H groups in total. The van der Waals surface area contributed by atoms with Gasteiger partial charge in [0.25, 0.3) is 0 Å². The van der Waals surface area contributed by atoms with E-state index in [4.69, 9.17) is 0 Å². The fourth-order valence-electron chi connectivity index (χ4n) is 0.608. The van der Waals surface area contributed by atoms with Crippen molar-refractivity contribution in [3.05, 3.63) is 22.7 Å². The van der Waals surface area contributed by atoms with Gasteiger partial charge in [0.15, 0.2) is 0 Å². The number of hydrogen-bond donors (Lipinski definition) is 0. The molecule has 0 spiro atoms. The third kappa shape index (κ3) is 5.83. The predicted octanol–water partition coefficient (Wildman–Crippen LogP) is -3.39. The molecular formula is C6H8Cl2PTi. The minimum Gasteiger partial charge on any atom is -1.00 e. The molecule has 0 unspecified atom stereocenters. The molecule has 4 heteroatoms. The largest absolute Gasteiger partial charge is 3.00 e. The van der Waals surface area contributed by atoms with Crippen LogP contribution in [0.3, 0.4) is 0 Å². The average molecular weight is 230 g/mol. The first-order chi connectivity index (χ1) is 3.29. The minimum absolute atomic E-state index is 0. The molecule has 0 saturated carbocycles. The Bertz CT molecular complexity index is 148. The van der Waals surface area contributed by atoms with Gasteiger partial charge in [0.2, 0.25) is 0 Å². The minimum atomic E-state index is 0. The molecule has 0 aliphatic heterocycles. The van der Waals surface area contributed by atoms with E-state index in [0.717, 1.165) is 0 Å². The Labute approximate surface area is 91.0 Å². The number of rotatable bonds is 0. The van der Waals surface area contributed by atoms with Crippen LogP contribution in [0.2, 0.25) is 0 Å². The van der Waals surface area contributed by atoms with Crippen molar-refractivity contribution in [3.8, 4) is 0 Å². The van der Waals surface area contributed by atoms with Crippen molar-refractivity contribution in [3.63, 3.8) is 0 Å². The average Bonchev–Trinajstić information content (AvgIpc) is 1.87. The standard InChI is InChI=1S/C6H8P.2ClH.Ti/c1-5-3-6(2)7-4-5;;;/h3-4H,1-2H3;2*1H;/q-1;;;+3/p-2. The van der Waals surface area contributed by atoms with Gasteiger partial charge in [-0.05, 0) is 0 Å². The molecule has 1 aromatic rings. The summed E-state index contributed by atoms with van der Waals surface area (Å²) in [5.41, 5.74) is 1.40. The van der Waals surface area contributed by atoms with Crippen LogP contribution in [0.1, 0.15) is 10.9 Å². The molecule has 0 atom stereocenters. The summed E-state index contributed by atoms with van der Waals surface area (Å²) >= 11 is 0. The monoisotopic (exact) mass is 229 g/mol. The SMILES string of the molecule is Cc1cp[c-](C)c1.[Cl-].[Cl-].[Ti+3].